The van der Waals surface area contributed by atoms with Crippen molar-refractivity contribution in [3.8, 4) is 0 Å². The average Bonchev–Trinajstić information content (AvgIpc) is 3.03. The quantitative estimate of drug-likeness (QED) is 0.450. The van der Waals surface area contributed by atoms with E-state index in [2.05, 4.69) is 29.9 Å². The molecule has 2 N–H and O–H groups in total. The van der Waals surface area contributed by atoms with Crippen molar-refractivity contribution in [2.45, 2.75) is 0 Å². The largest absolute Gasteiger partial charge is 0.329 e. The van der Waals surface area contributed by atoms with Gasteiger partial charge in [-0.3, -0.25) is 9.59 Å². The highest BCUT2D eigenvalue weighted by Gasteiger charge is 2.12. The highest BCUT2D eigenvalue weighted by Crippen LogP contribution is 2.09. The molecule has 0 atom stereocenters. The third-order valence-electron chi connectivity index (χ3n) is 2.90. The van der Waals surface area contributed by atoms with E-state index in [0.29, 0.717) is 11.3 Å². The zero-order chi connectivity index (χ0) is 13.7. The minimum absolute atomic E-state index is 0.200. The van der Waals surface area contributed by atoms with Gasteiger partial charge < -0.3 is 9.97 Å². The summed E-state index contributed by atoms with van der Waals surface area (Å²) in [5, 5.41) is 0. The zero-order valence-electron chi connectivity index (χ0n) is 9.81. The second-order valence-electron chi connectivity index (χ2n) is 3.99. The summed E-state index contributed by atoms with van der Waals surface area (Å²) in [6.45, 7) is 0. The van der Waals surface area contributed by atoms with Crippen molar-refractivity contribution >= 4 is 22.3 Å². The van der Waals surface area contributed by atoms with Crippen LogP contribution in [0, 0.1) is 0 Å². The van der Waals surface area contributed by atoms with Gasteiger partial charge in [0.15, 0.2) is 22.3 Å². The molecule has 0 aliphatic rings. The van der Waals surface area contributed by atoms with Crippen LogP contribution >= 0.6 is 0 Å². The first-order valence-corrected chi connectivity index (χ1v) is 5.58. The van der Waals surface area contributed by atoms with Crippen LogP contribution in [-0.2, 0) is 0 Å². The lowest BCUT2D eigenvalue weighted by atomic mass is 10.5. The van der Waals surface area contributed by atoms with Crippen molar-refractivity contribution in [3.63, 3.8) is 0 Å². The van der Waals surface area contributed by atoms with Gasteiger partial charge in [0.05, 0.1) is 12.7 Å². The van der Waals surface area contributed by atoms with Gasteiger partial charge in [-0.1, -0.05) is 0 Å². The van der Waals surface area contributed by atoms with Gasteiger partial charge in [0.2, 0.25) is 0 Å². The van der Waals surface area contributed by atoms with E-state index in [-0.39, 0.29) is 11.0 Å². The fraction of sp³-hybridized carbons (Fsp3) is 0. The summed E-state index contributed by atoms with van der Waals surface area (Å²) >= 11 is 0. The summed E-state index contributed by atoms with van der Waals surface area (Å²) in [6, 6.07) is 0. The summed E-state index contributed by atoms with van der Waals surface area (Å²) in [5.41, 5.74) is 0.426. The van der Waals surface area contributed by atoms with Crippen molar-refractivity contribution in [2.75, 3.05) is 0 Å². The molecular weight excluding hydrogens is 264 g/mol. The molecule has 0 amide bonds. The average molecular weight is 270 g/mol. The van der Waals surface area contributed by atoms with Crippen LogP contribution in [0.15, 0.2) is 34.9 Å². The number of nitrogens with one attached hydrogen (secondary N) is 2. The summed E-state index contributed by atoms with van der Waals surface area (Å²) in [6.07, 6.45) is 5.44. The summed E-state index contributed by atoms with van der Waals surface area (Å²) < 4.78 is 3.09. The predicted octanol–water partition coefficient (Wildman–Crippen LogP) is -1.14. The molecule has 4 heterocycles. The van der Waals surface area contributed by atoms with Gasteiger partial charge >= 0.3 is 11.1 Å². The Morgan fingerprint density at radius 3 is 1.65 bits per heavy atom. The van der Waals surface area contributed by atoms with Crippen LogP contribution in [0.4, 0.5) is 0 Å². The van der Waals surface area contributed by atoms with E-state index in [1.54, 1.807) is 9.35 Å². The molecule has 10 nitrogen and oxygen atoms in total. The number of hydrogen-bond donors (Lipinski definition) is 2. The Kier molecular flexibility index (Phi) is 1.91. The fourth-order valence-corrected chi connectivity index (χ4v) is 2.01. The first-order chi connectivity index (χ1) is 9.75. The first kappa shape index (κ1) is 10.6. The van der Waals surface area contributed by atoms with Crippen molar-refractivity contribution in [2.24, 2.45) is 0 Å². The van der Waals surface area contributed by atoms with E-state index in [0.717, 1.165) is 0 Å². The van der Waals surface area contributed by atoms with Crippen LogP contribution in [-0.4, -0.2) is 39.3 Å². The summed E-state index contributed by atoms with van der Waals surface area (Å²) in [7, 11) is 0. The van der Waals surface area contributed by atoms with Crippen LogP contribution < -0.4 is 11.1 Å². The third kappa shape index (κ3) is 1.27. The van der Waals surface area contributed by atoms with E-state index in [1.807, 2.05) is 0 Å². The number of rotatable bonds is 1. The van der Waals surface area contributed by atoms with Gasteiger partial charge in [0.1, 0.15) is 12.7 Å². The van der Waals surface area contributed by atoms with Gasteiger partial charge in [-0.15, -0.1) is 0 Å². The molecule has 0 aromatic carbocycles. The standard InChI is InChI=1S/C10H6N8O2/c19-9-5-7(11-1-13-9)17(3-15-5)18-4-16-6-8(18)12-2-14-10(6)20/h1-4H,(H,11,13,19)(H,12,14,20). The predicted molar refractivity (Wildman–Crippen MR) is 67.1 cm³/mol. The Balaban J connectivity index is 2.12. The SMILES string of the molecule is O=c1nc[nH]c2c1ncn2-n1cnc2c(=O)nc[nH]c21. The van der Waals surface area contributed by atoms with Crippen LogP contribution in [0.25, 0.3) is 22.3 Å². The van der Waals surface area contributed by atoms with Crippen LogP contribution in [0.1, 0.15) is 0 Å². The molecular formula is C10H6N8O2. The van der Waals surface area contributed by atoms with E-state index in [1.165, 1.54) is 25.3 Å². The lowest BCUT2D eigenvalue weighted by Crippen LogP contribution is -2.12. The molecule has 0 aliphatic carbocycles. The van der Waals surface area contributed by atoms with Gasteiger partial charge in [0, 0.05) is 0 Å². The van der Waals surface area contributed by atoms with Gasteiger partial charge in [-0.2, -0.15) is 9.97 Å². The van der Waals surface area contributed by atoms with Crippen LogP contribution in [0.5, 0.6) is 0 Å². The summed E-state index contributed by atoms with van der Waals surface area (Å²) in [4.78, 5) is 44.0. The molecule has 0 aliphatic heterocycles. The minimum atomic E-state index is -0.433. The van der Waals surface area contributed by atoms with E-state index < -0.39 is 11.1 Å². The van der Waals surface area contributed by atoms with Crippen molar-refractivity contribution < 1.29 is 0 Å². The fourth-order valence-electron chi connectivity index (χ4n) is 2.01. The first-order valence-electron chi connectivity index (χ1n) is 5.58. The molecule has 0 bridgehead atoms. The molecule has 10 heteroatoms. The number of aromatic nitrogens is 8. The highest BCUT2D eigenvalue weighted by molar-refractivity contribution is 5.72. The van der Waals surface area contributed by atoms with E-state index in [9.17, 15) is 9.59 Å². The molecule has 0 unspecified atom stereocenters. The molecule has 0 fully saturated rings. The number of H-pyrrole nitrogens is 2. The Morgan fingerprint density at radius 1 is 0.750 bits per heavy atom. The van der Waals surface area contributed by atoms with E-state index >= 15 is 0 Å². The van der Waals surface area contributed by atoms with E-state index in [4.69, 9.17) is 0 Å². The Hall–Kier alpha value is -3.30. The maximum atomic E-state index is 11.6. The molecule has 4 aromatic heterocycles. The second-order valence-corrected chi connectivity index (χ2v) is 3.99. The third-order valence-corrected chi connectivity index (χ3v) is 2.90. The Bertz CT molecular complexity index is 966. The molecule has 4 aromatic rings. The molecule has 0 saturated carbocycles. The monoisotopic (exact) mass is 270 g/mol. The topological polar surface area (TPSA) is 127 Å². The van der Waals surface area contributed by atoms with Crippen molar-refractivity contribution in [3.05, 3.63) is 46.0 Å². The van der Waals surface area contributed by atoms with Crippen molar-refractivity contribution in [1.29, 1.82) is 0 Å². The normalized spacial score (nSPS) is 11.4. The Morgan fingerprint density at radius 2 is 1.20 bits per heavy atom. The molecule has 0 radical (unpaired) electrons. The summed E-state index contributed by atoms with van der Waals surface area (Å²) in [5.74, 6) is 0. The van der Waals surface area contributed by atoms with Gasteiger partial charge in [-0.05, 0) is 0 Å². The van der Waals surface area contributed by atoms with Crippen molar-refractivity contribution in [1.82, 2.24) is 39.3 Å². The van der Waals surface area contributed by atoms with Crippen LogP contribution in [0.2, 0.25) is 0 Å². The maximum Gasteiger partial charge on any atom is 0.300 e. The number of fused-ring (bicyclic) bond motifs is 2. The molecule has 98 valence electrons. The maximum absolute atomic E-state index is 11.6. The molecule has 20 heavy (non-hydrogen) atoms. The second kappa shape index (κ2) is 3.60. The number of aromatic amines is 2. The minimum Gasteiger partial charge on any atom is -0.329 e. The van der Waals surface area contributed by atoms with Gasteiger partial charge in [0.25, 0.3) is 0 Å². The number of hydrogen-bond acceptors (Lipinski definition) is 6. The van der Waals surface area contributed by atoms with Gasteiger partial charge in [-0.25, -0.2) is 19.3 Å². The zero-order valence-corrected chi connectivity index (χ0v) is 9.81. The van der Waals surface area contributed by atoms with Crippen LogP contribution in [0.3, 0.4) is 0 Å². The molecule has 4 rings (SSSR count). The molecule has 0 spiro atoms. The lowest BCUT2D eigenvalue weighted by Gasteiger charge is -2.04. The molecule has 0 saturated heterocycles. The lowest BCUT2D eigenvalue weighted by molar-refractivity contribution is 0.687. The smallest absolute Gasteiger partial charge is 0.300 e. The number of nitrogens with zero attached hydrogens (tertiary/aromatic N) is 6. The highest BCUT2D eigenvalue weighted by atomic mass is 16.1. The number of imidazole rings is 2. The Labute approximate surface area is 108 Å².